The van der Waals surface area contributed by atoms with Gasteiger partial charge in [0.05, 0.1) is 19.0 Å². The van der Waals surface area contributed by atoms with Crippen LogP contribution >= 0.6 is 0 Å². The topological polar surface area (TPSA) is 42.4 Å². The van der Waals surface area contributed by atoms with Crippen molar-refractivity contribution in [1.29, 1.82) is 0 Å². The van der Waals surface area contributed by atoms with Crippen LogP contribution < -0.4 is 9.64 Å². The van der Waals surface area contributed by atoms with E-state index in [0.29, 0.717) is 18.8 Å². The zero-order valence-corrected chi connectivity index (χ0v) is 9.93. The number of methoxy groups -OCH3 is 1. The SMILES string of the molecule is C#CC1CC(=O)N(c2cnc(OC)c(C)c2)C1. The predicted molar refractivity (Wildman–Crippen MR) is 64.8 cm³/mol. The highest BCUT2D eigenvalue weighted by atomic mass is 16.5. The number of carbonyl (C=O) groups excluding carboxylic acids is 1. The lowest BCUT2D eigenvalue weighted by molar-refractivity contribution is -0.117. The van der Waals surface area contributed by atoms with Gasteiger partial charge in [0.25, 0.3) is 0 Å². The molecule has 0 aliphatic carbocycles. The minimum atomic E-state index is 0.00454. The third kappa shape index (κ3) is 2.09. The van der Waals surface area contributed by atoms with Crippen LogP contribution in [0.25, 0.3) is 0 Å². The Morgan fingerprint density at radius 2 is 2.41 bits per heavy atom. The van der Waals surface area contributed by atoms with E-state index in [9.17, 15) is 4.79 Å². The second kappa shape index (κ2) is 4.46. The van der Waals surface area contributed by atoms with Crippen LogP contribution in [0.1, 0.15) is 12.0 Å². The number of hydrogen-bond acceptors (Lipinski definition) is 3. The fourth-order valence-corrected chi connectivity index (χ4v) is 1.98. The second-order valence-corrected chi connectivity index (χ2v) is 4.09. The summed E-state index contributed by atoms with van der Waals surface area (Å²) in [6.07, 6.45) is 7.41. The molecule has 17 heavy (non-hydrogen) atoms. The minimum Gasteiger partial charge on any atom is -0.481 e. The molecule has 0 spiro atoms. The Balaban J connectivity index is 2.27. The minimum absolute atomic E-state index is 0.00454. The number of carbonyl (C=O) groups is 1. The number of nitrogens with zero attached hydrogens (tertiary/aromatic N) is 2. The molecular weight excluding hydrogens is 216 g/mol. The monoisotopic (exact) mass is 230 g/mol. The molecule has 2 heterocycles. The first-order valence-electron chi connectivity index (χ1n) is 5.43. The lowest BCUT2D eigenvalue weighted by Crippen LogP contribution is -2.24. The summed E-state index contributed by atoms with van der Waals surface area (Å²) in [5.74, 6) is 3.26. The maximum absolute atomic E-state index is 11.8. The number of anilines is 1. The van der Waals surface area contributed by atoms with E-state index in [4.69, 9.17) is 11.2 Å². The quantitative estimate of drug-likeness (QED) is 0.721. The first kappa shape index (κ1) is 11.5. The Labute approximate surface area is 101 Å². The van der Waals surface area contributed by atoms with Gasteiger partial charge in [-0.3, -0.25) is 4.79 Å². The zero-order chi connectivity index (χ0) is 12.4. The van der Waals surface area contributed by atoms with Crippen LogP contribution in [0.4, 0.5) is 5.69 Å². The Morgan fingerprint density at radius 3 is 2.94 bits per heavy atom. The van der Waals surface area contributed by atoms with Gasteiger partial charge >= 0.3 is 0 Å². The van der Waals surface area contributed by atoms with Crippen LogP contribution in [0.15, 0.2) is 12.3 Å². The summed E-state index contributed by atoms with van der Waals surface area (Å²) in [6.45, 7) is 2.47. The average molecular weight is 230 g/mol. The molecule has 0 saturated carbocycles. The molecule has 0 N–H and O–H groups in total. The van der Waals surface area contributed by atoms with Crippen molar-refractivity contribution >= 4 is 11.6 Å². The Kier molecular flexibility index (Phi) is 3.01. The van der Waals surface area contributed by atoms with Gasteiger partial charge in [-0.2, -0.15) is 0 Å². The molecule has 4 nitrogen and oxygen atoms in total. The lowest BCUT2D eigenvalue weighted by atomic mass is 10.1. The molecule has 0 aromatic carbocycles. The van der Waals surface area contributed by atoms with E-state index in [0.717, 1.165) is 11.3 Å². The molecule has 0 radical (unpaired) electrons. The van der Waals surface area contributed by atoms with Gasteiger partial charge in [-0.25, -0.2) is 4.98 Å². The highest BCUT2D eigenvalue weighted by Crippen LogP contribution is 2.27. The van der Waals surface area contributed by atoms with Gasteiger partial charge in [-0.15, -0.1) is 12.3 Å². The summed E-state index contributed by atoms with van der Waals surface area (Å²) < 4.78 is 5.08. The van der Waals surface area contributed by atoms with Crippen LogP contribution in [0.3, 0.4) is 0 Å². The van der Waals surface area contributed by atoms with E-state index in [-0.39, 0.29) is 11.8 Å². The number of pyridine rings is 1. The molecule has 88 valence electrons. The maximum atomic E-state index is 11.8. The van der Waals surface area contributed by atoms with Crippen molar-refractivity contribution in [2.75, 3.05) is 18.6 Å². The maximum Gasteiger partial charge on any atom is 0.228 e. The van der Waals surface area contributed by atoms with Crippen molar-refractivity contribution in [3.05, 3.63) is 17.8 Å². The van der Waals surface area contributed by atoms with Crippen LogP contribution in [-0.4, -0.2) is 24.5 Å². The number of aromatic nitrogens is 1. The van der Waals surface area contributed by atoms with Crippen molar-refractivity contribution in [3.8, 4) is 18.2 Å². The molecule has 2 rings (SSSR count). The van der Waals surface area contributed by atoms with E-state index >= 15 is 0 Å². The van der Waals surface area contributed by atoms with Crippen LogP contribution in [0.2, 0.25) is 0 Å². The van der Waals surface area contributed by atoms with Crippen molar-refractivity contribution in [2.45, 2.75) is 13.3 Å². The van der Waals surface area contributed by atoms with E-state index in [1.54, 1.807) is 18.2 Å². The molecule has 1 aromatic heterocycles. The highest BCUT2D eigenvalue weighted by molar-refractivity contribution is 5.96. The number of aryl methyl sites for hydroxylation is 1. The Bertz CT molecular complexity index is 491. The summed E-state index contributed by atoms with van der Waals surface area (Å²) in [4.78, 5) is 17.6. The first-order chi connectivity index (χ1) is 8.15. The standard InChI is InChI=1S/C13H14N2O2/c1-4-10-6-12(16)15(8-10)11-5-9(2)13(17-3)14-7-11/h1,5,7,10H,6,8H2,2-3H3. The Hall–Kier alpha value is -2.02. The molecule has 1 fully saturated rings. The van der Waals surface area contributed by atoms with Crippen molar-refractivity contribution in [2.24, 2.45) is 5.92 Å². The first-order valence-corrected chi connectivity index (χ1v) is 5.43. The molecule has 1 aliphatic rings. The Morgan fingerprint density at radius 1 is 1.65 bits per heavy atom. The van der Waals surface area contributed by atoms with E-state index in [1.807, 2.05) is 13.0 Å². The third-order valence-corrected chi connectivity index (χ3v) is 2.88. The molecule has 4 heteroatoms. The normalized spacial score (nSPS) is 19.2. The summed E-state index contributed by atoms with van der Waals surface area (Å²) in [6, 6.07) is 1.89. The molecule has 1 aromatic rings. The van der Waals surface area contributed by atoms with Crippen LogP contribution in [0.5, 0.6) is 5.88 Å². The van der Waals surface area contributed by atoms with Gasteiger partial charge in [0.15, 0.2) is 0 Å². The van der Waals surface area contributed by atoms with Crippen molar-refractivity contribution < 1.29 is 9.53 Å². The smallest absolute Gasteiger partial charge is 0.228 e. The fraction of sp³-hybridized carbons (Fsp3) is 0.385. The summed E-state index contributed by atoms with van der Waals surface area (Å²) in [5.41, 5.74) is 1.69. The number of ether oxygens (including phenoxy) is 1. The van der Waals surface area contributed by atoms with Crippen LogP contribution in [0, 0.1) is 25.2 Å². The number of hydrogen-bond donors (Lipinski definition) is 0. The molecule has 1 aliphatic heterocycles. The van der Waals surface area contributed by atoms with Gasteiger partial charge < -0.3 is 9.64 Å². The van der Waals surface area contributed by atoms with Gasteiger partial charge in [0, 0.05) is 24.4 Å². The predicted octanol–water partition coefficient (Wildman–Crippen LogP) is 1.38. The largest absolute Gasteiger partial charge is 0.481 e. The van der Waals surface area contributed by atoms with Gasteiger partial charge in [0.1, 0.15) is 0 Å². The molecule has 1 saturated heterocycles. The molecule has 1 unspecified atom stereocenters. The zero-order valence-electron chi connectivity index (χ0n) is 9.93. The van der Waals surface area contributed by atoms with E-state index in [2.05, 4.69) is 10.9 Å². The molecule has 1 amide bonds. The fourth-order valence-electron chi connectivity index (χ4n) is 1.98. The number of rotatable bonds is 2. The number of terminal acetylenes is 1. The summed E-state index contributed by atoms with van der Waals surface area (Å²) in [7, 11) is 1.57. The lowest BCUT2D eigenvalue weighted by Gasteiger charge is -2.16. The van der Waals surface area contributed by atoms with E-state index < -0.39 is 0 Å². The van der Waals surface area contributed by atoms with Crippen molar-refractivity contribution in [3.63, 3.8) is 0 Å². The third-order valence-electron chi connectivity index (χ3n) is 2.88. The summed E-state index contributed by atoms with van der Waals surface area (Å²) >= 11 is 0. The van der Waals surface area contributed by atoms with Gasteiger partial charge in [-0.1, -0.05) is 0 Å². The van der Waals surface area contributed by atoms with Crippen molar-refractivity contribution in [1.82, 2.24) is 4.98 Å². The average Bonchev–Trinajstić information content (AvgIpc) is 2.70. The summed E-state index contributed by atoms with van der Waals surface area (Å²) in [5, 5.41) is 0. The molecule has 1 atom stereocenters. The highest BCUT2D eigenvalue weighted by Gasteiger charge is 2.29. The molecule has 0 bridgehead atoms. The van der Waals surface area contributed by atoms with E-state index in [1.165, 1.54) is 0 Å². The molecular formula is C13H14N2O2. The second-order valence-electron chi connectivity index (χ2n) is 4.09. The van der Waals surface area contributed by atoms with Gasteiger partial charge in [0.2, 0.25) is 11.8 Å². The van der Waals surface area contributed by atoms with Crippen LogP contribution in [-0.2, 0) is 4.79 Å². The van der Waals surface area contributed by atoms with Gasteiger partial charge in [-0.05, 0) is 13.0 Å². The number of amides is 1.